The van der Waals surface area contributed by atoms with Crippen LogP contribution >= 0.6 is 0 Å². The lowest BCUT2D eigenvalue weighted by atomic mass is 10.2. The minimum Gasteiger partial charge on any atom is -0.452 e. The number of rotatable bonds is 8. The third-order valence-corrected chi connectivity index (χ3v) is 5.10. The summed E-state index contributed by atoms with van der Waals surface area (Å²) in [6, 6.07) is 16.3. The van der Waals surface area contributed by atoms with Gasteiger partial charge in [-0.2, -0.15) is 9.98 Å². The fourth-order valence-corrected chi connectivity index (χ4v) is 3.14. The Morgan fingerprint density at radius 2 is 1.75 bits per heavy atom. The zero-order valence-corrected chi connectivity index (χ0v) is 15.9. The summed E-state index contributed by atoms with van der Waals surface area (Å²) in [5.74, 6) is -1.38. The number of hydrogen-bond acceptors (Lipinski definition) is 6. The summed E-state index contributed by atoms with van der Waals surface area (Å²) in [5, 5.41) is 11.4. The second-order valence-electron chi connectivity index (χ2n) is 5.80. The number of benzene rings is 2. The lowest BCUT2D eigenvalue weighted by Crippen LogP contribution is -2.38. The van der Waals surface area contributed by atoms with Gasteiger partial charge in [0.05, 0.1) is 16.5 Å². The zero-order valence-electron chi connectivity index (χ0n) is 15.1. The van der Waals surface area contributed by atoms with E-state index < -0.39 is 34.5 Å². The van der Waals surface area contributed by atoms with E-state index in [0.29, 0.717) is 5.56 Å². The van der Waals surface area contributed by atoms with Crippen LogP contribution in [0.1, 0.15) is 18.1 Å². The molecule has 2 rings (SSSR count). The number of esters is 1. The largest absolute Gasteiger partial charge is 0.452 e. The number of carbonyl (C=O) groups excluding carboxylic acids is 2. The minimum atomic E-state index is -3.94. The summed E-state index contributed by atoms with van der Waals surface area (Å²) < 4.78 is 31.3. The first kappa shape index (κ1) is 21.1. The van der Waals surface area contributed by atoms with Crippen LogP contribution in [0.4, 0.5) is 0 Å². The molecule has 0 fully saturated rings. The maximum absolute atomic E-state index is 12.1. The molecular formula is C19H19N3O5S. The first-order valence-corrected chi connectivity index (χ1v) is 9.81. The maximum Gasteiger partial charge on any atom is 0.321 e. The Balaban J connectivity index is 1.81. The van der Waals surface area contributed by atoms with Crippen molar-refractivity contribution in [3.8, 4) is 6.07 Å². The number of ether oxygens (including phenoxy) is 1. The highest BCUT2D eigenvalue weighted by Crippen LogP contribution is 2.09. The van der Waals surface area contributed by atoms with Gasteiger partial charge in [0.15, 0.2) is 6.10 Å². The number of sulfonamides is 1. The van der Waals surface area contributed by atoms with Gasteiger partial charge in [-0.05, 0) is 36.8 Å². The molecule has 0 aliphatic rings. The number of amides is 1. The molecule has 0 saturated carbocycles. The van der Waals surface area contributed by atoms with Crippen molar-refractivity contribution in [1.82, 2.24) is 10.0 Å². The number of nitriles is 1. The topological polar surface area (TPSA) is 125 Å². The van der Waals surface area contributed by atoms with Crippen LogP contribution in [0.3, 0.4) is 0 Å². The number of nitrogens with zero attached hydrogens (tertiary/aromatic N) is 1. The molecule has 0 aliphatic carbocycles. The molecule has 0 bridgehead atoms. The highest BCUT2D eigenvalue weighted by molar-refractivity contribution is 7.89. The molecule has 0 aromatic heterocycles. The van der Waals surface area contributed by atoms with Crippen LogP contribution in [0, 0.1) is 11.3 Å². The smallest absolute Gasteiger partial charge is 0.321 e. The fourth-order valence-electron chi connectivity index (χ4n) is 2.17. The van der Waals surface area contributed by atoms with Crippen LogP contribution in [0.15, 0.2) is 59.5 Å². The molecule has 1 unspecified atom stereocenters. The van der Waals surface area contributed by atoms with Crippen LogP contribution in [-0.4, -0.2) is 32.9 Å². The molecule has 146 valence electrons. The number of hydrogen-bond donors (Lipinski definition) is 2. The predicted octanol–water partition coefficient (Wildman–Crippen LogP) is 1.08. The van der Waals surface area contributed by atoms with E-state index in [1.54, 1.807) is 0 Å². The Kier molecular flexibility index (Phi) is 7.26. The first-order valence-electron chi connectivity index (χ1n) is 8.33. The van der Waals surface area contributed by atoms with Gasteiger partial charge in [0.1, 0.15) is 6.54 Å². The van der Waals surface area contributed by atoms with Crippen LogP contribution in [0.25, 0.3) is 0 Å². The van der Waals surface area contributed by atoms with E-state index in [0.717, 1.165) is 5.56 Å². The Bertz CT molecular complexity index is 967. The minimum absolute atomic E-state index is 0.0899. The van der Waals surface area contributed by atoms with Crippen LogP contribution in [-0.2, 0) is 30.9 Å². The van der Waals surface area contributed by atoms with Crippen LogP contribution in [0.2, 0.25) is 0 Å². The molecule has 2 aromatic rings. The lowest BCUT2D eigenvalue weighted by molar-refractivity contribution is -0.153. The van der Waals surface area contributed by atoms with E-state index in [1.807, 2.05) is 36.4 Å². The summed E-state index contributed by atoms with van der Waals surface area (Å²) >= 11 is 0. The summed E-state index contributed by atoms with van der Waals surface area (Å²) in [6.45, 7) is 1.05. The Hall–Kier alpha value is -3.22. The monoisotopic (exact) mass is 401 g/mol. The second-order valence-corrected chi connectivity index (χ2v) is 7.56. The molecule has 28 heavy (non-hydrogen) atoms. The third kappa shape index (κ3) is 6.19. The maximum atomic E-state index is 12.1. The van der Waals surface area contributed by atoms with Gasteiger partial charge in [0.25, 0.3) is 5.91 Å². The standard InChI is InChI=1S/C19H19N3O5S/c1-14(19(24)21-12-16-5-3-2-4-6-16)27-18(23)13-22-28(25,26)17-9-7-15(11-20)8-10-17/h2-10,14,22H,12-13H2,1H3,(H,21,24). The Morgan fingerprint density at radius 1 is 1.11 bits per heavy atom. The lowest BCUT2D eigenvalue weighted by Gasteiger charge is -2.14. The van der Waals surface area contributed by atoms with Crippen molar-refractivity contribution in [3.63, 3.8) is 0 Å². The molecule has 0 saturated heterocycles. The van der Waals surface area contributed by atoms with Crippen molar-refractivity contribution in [2.75, 3.05) is 6.54 Å². The van der Waals surface area contributed by atoms with E-state index in [2.05, 4.69) is 10.0 Å². The second kappa shape index (κ2) is 9.64. The summed E-state index contributed by atoms with van der Waals surface area (Å²) in [4.78, 5) is 23.7. The molecule has 9 heteroatoms. The highest BCUT2D eigenvalue weighted by atomic mass is 32.2. The molecule has 2 N–H and O–H groups in total. The van der Waals surface area contributed by atoms with Crippen molar-refractivity contribution < 1.29 is 22.7 Å². The van der Waals surface area contributed by atoms with Crippen molar-refractivity contribution in [2.24, 2.45) is 0 Å². The molecule has 8 nitrogen and oxygen atoms in total. The highest BCUT2D eigenvalue weighted by Gasteiger charge is 2.20. The average molecular weight is 401 g/mol. The van der Waals surface area contributed by atoms with E-state index in [1.165, 1.54) is 31.2 Å². The zero-order chi connectivity index (χ0) is 20.6. The van der Waals surface area contributed by atoms with Crippen LogP contribution < -0.4 is 10.0 Å². The molecular weight excluding hydrogens is 382 g/mol. The normalized spacial score (nSPS) is 11.9. The van der Waals surface area contributed by atoms with E-state index in [4.69, 9.17) is 10.00 Å². The van der Waals surface area contributed by atoms with Gasteiger partial charge in [-0.25, -0.2) is 8.42 Å². The Morgan fingerprint density at radius 3 is 2.36 bits per heavy atom. The van der Waals surface area contributed by atoms with Crippen LogP contribution in [0.5, 0.6) is 0 Å². The summed E-state index contributed by atoms with van der Waals surface area (Å²) in [5.41, 5.74) is 1.21. The fraction of sp³-hybridized carbons (Fsp3) is 0.211. The van der Waals surface area contributed by atoms with Gasteiger partial charge in [0.2, 0.25) is 10.0 Å². The third-order valence-electron chi connectivity index (χ3n) is 3.69. The molecule has 1 atom stereocenters. The molecule has 0 heterocycles. The van der Waals surface area contributed by atoms with Gasteiger partial charge in [0, 0.05) is 6.54 Å². The van der Waals surface area contributed by atoms with Crippen molar-refractivity contribution in [1.29, 1.82) is 5.26 Å². The summed E-state index contributed by atoms with van der Waals surface area (Å²) in [7, 11) is -3.94. The van der Waals surface area contributed by atoms with E-state index >= 15 is 0 Å². The number of nitrogens with one attached hydrogen (secondary N) is 2. The summed E-state index contributed by atoms with van der Waals surface area (Å²) in [6.07, 6.45) is -1.07. The molecule has 0 spiro atoms. The Labute approximate surface area is 163 Å². The quantitative estimate of drug-likeness (QED) is 0.638. The predicted molar refractivity (Wildman–Crippen MR) is 100 cm³/mol. The SMILES string of the molecule is CC(OC(=O)CNS(=O)(=O)c1ccc(C#N)cc1)C(=O)NCc1ccccc1. The average Bonchev–Trinajstić information content (AvgIpc) is 2.71. The molecule has 2 aromatic carbocycles. The van der Waals surface area contributed by atoms with Gasteiger partial charge < -0.3 is 10.1 Å². The van der Waals surface area contributed by atoms with Gasteiger partial charge >= 0.3 is 5.97 Å². The van der Waals surface area contributed by atoms with Gasteiger partial charge in [-0.15, -0.1) is 0 Å². The number of carbonyl (C=O) groups is 2. The van der Waals surface area contributed by atoms with Crippen molar-refractivity contribution in [2.45, 2.75) is 24.5 Å². The first-order chi connectivity index (χ1) is 13.3. The molecule has 1 amide bonds. The van der Waals surface area contributed by atoms with Crippen molar-refractivity contribution in [3.05, 3.63) is 65.7 Å². The van der Waals surface area contributed by atoms with Gasteiger partial charge in [-0.3, -0.25) is 9.59 Å². The van der Waals surface area contributed by atoms with Crippen molar-refractivity contribution >= 4 is 21.9 Å². The van der Waals surface area contributed by atoms with E-state index in [9.17, 15) is 18.0 Å². The van der Waals surface area contributed by atoms with Gasteiger partial charge in [-0.1, -0.05) is 30.3 Å². The molecule has 0 radical (unpaired) electrons. The van der Waals surface area contributed by atoms with E-state index in [-0.39, 0.29) is 11.4 Å². The molecule has 0 aliphatic heterocycles.